The lowest BCUT2D eigenvalue weighted by molar-refractivity contribution is 0.0793. The van der Waals surface area contributed by atoms with E-state index in [4.69, 9.17) is 14.2 Å². The lowest BCUT2D eigenvalue weighted by Gasteiger charge is -2.38. The van der Waals surface area contributed by atoms with Crippen molar-refractivity contribution >= 4 is 28.9 Å². The first-order valence-corrected chi connectivity index (χ1v) is 13.4. The highest BCUT2D eigenvalue weighted by molar-refractivity contribution is 6.06. The van der Waals surface area contributed by atoms with Crippen molar-refractivity contribution in [2.45, 2.75) is 12.8 Å². The SMILES string of the molecule is COc1ccccc1N1CCN(c2ccc(NC(=O)c3ccc4c(c3)OCO4)cc2C(=O)N2CCCC2)CC1. The van der Waals surface area contributed by atoms with Gasteiger partial charge in [0.15, 0.2) is 11.5 Å². The van der Waals surface area contributed by atoms with E-state index in [1.54, 1.807) is 25.3 Å². The fourth-order valence-corrected chi connectivity index (χ4v) is 5.47. The number of piperazine rings is 1. The van der Waals surface area contributed by atoms with E-state index in [2.05, 4.69) is 21.2 Å². The van der Waals surface area contributed by atoms with Crippen LogP contribution in [0.2, 0.25) is 0 Å². The molecular weight excluding hydrogens is 496 g/mol. The first-order valence-electron chi connectivity index (χ1n) is 13.4. The van der Waals surface area contributed by atoms with Gasteiger partial charge in [-0.3, -0.25) is 9.59 Å². The molecular formula is C30H32N4O5. The number of fused-ring (bicyclic) bond motifs is 1. The van der Waals surface area contributed by atoms with Gasteiger partial charge in [-0.1, -0.05) is 12.1 Å². The second-order valence-electron chi connectivity index (χ2n) is 9.90. The first-order chi connectivity index (χ1) is 19.1. The Bertz CT molecular complexity index is 1380. The van der Waals surface area contributed by atoms with Crippen LogP contribution in [0.4, 0.5) is 17.1 Å². The molecule has 0 aromatic heterocycles. The third-order valence-corrected chi connectivity index (χ3v) is 7.56. The highest BCUT2D eigenvalue weighted by Crippen LogP contribution is 2.34. The lowest BCUT2D eigenvalue weighted by Crippen LogP contribution is -2.47. The number of anilines is 3. The van der Waals surface area contributed by atoms with Gasteiger partial charge in [-0.25, -0.2) is 0 Å². The summed E-state index contributed by atoms with van der Waals surface area (Å²) >= 11 is 0. The summed E-state index contributed by atoms with van der Waals surface area (Å²) in [5.74, 6) is 1.77. The number of benzene rings is 3. The van der Waals surface area contributed by atoms with Crippen molar-refractivity contribution in [2.75, 3.05) is 68.3 Å². The van der Waals surface area contributed by atoms with Crippen molar-refractivity contribution in [3.8, 4) is 17.2 Å². The molecule has 2 fully saturated rings. The average molecular weight is 529 g/mol. The summed E-state index contributed by atoms with van der Waals surface area (Å²) in [7, 11) is 1.69. The summed E-state index contributed by atoms with van der Waals surface area (Å²) in [5.41, 5.74) is 3.63. The Balaban J connectivity index is 1.23. The minimum absolute atomic E-state index is 0.00818. The predicted octanol–water partition coefficient (Wildman–Crippen LogP) is 4.24. The molecule has 0 atom stereocenters. The summed E-state index contributed by atoms with van der Waals surface area (Å²) in [6.45, 7) is 4.81. The van der Waals surface area contributed by atoms with Crippen molar-refractivity contribution in [3.05, 3.63) is 71.8 Å². The van der Waals surface area contributed by atoms with Gasteiger partial charge in [-0.05, 0) is 61.4 Å². The second kappa shape index (κ2) is 10.8. The highest BCUT2D eigenvalue weighted by Gasteiger charge is 2.27. The quantitative estimate of drug-likeness (QED) is 0.513. The van der Waals surface area contributed by atoms with E-state index < -0.39 is 0 Å². The summed E-state index contributed by atoms with van der Waals surface area (Å²) in [6, 6.07) is 18.8. The van der Waals surface area contributed by atoms with Gasteiger partial charge in [0.1, 0.15) is 5.75 Å². The number of para-hydroxylation sites is 2. The average Bonchev–Trinajstić information content (AvgIpc) is 3.69. The molecule has 9 heteroatoms. The van der Waals surface area contributed by atoms with Crippen molar-refractivity contribution in [2.24, 2.45) is 0 Å². The number of rotatable bonds is 6. The van der Waals surface area contributed by atoms with E-state index in [1.165, 1.54) is 0 Å². The van der Waals surface area contributed by atoms with Gasteiger partial charge >= 0.3 is 0 Å². The number of nitrogens with zero attached hydrogens (tertiary/aromatic N) is 3. The number of amides is 2. The van der Waals surface area contributed by atoms with Crippen LogP contribution >= 0.6 is 0 Å². The first kappa shape index (κ1) is 24.9. The minimum Gasteiger partial charge on any atom is -0.495 e. The van der Waals surface area contributed by atoms with Crippen LogP contribution in [0.15, 0.2) is 60.7 Å². The molecule has 0 bridgehead atoms. The van der Waals surface area contributed by atoms with Crippen LogP contribution in [0, 0.1) is 0 Å². The molecule has 39 heavy (non-hydrogen) atoms. The summed E-state index contributed by atoms with van der Waals surface area (Å²) < 4.78 is 16.3. The highest BCUT2D eigenvalue weighted by atomic mass is 16.7. The molecule has 0 radical (unpaired) electrons. The molecule has 2 amide bonds. The third kappa shape index (κ3) is 5.04. The van der Waals surface area contributed by atoms with Gasteiger partial charge in [0.05, 0.1) is 18.4 Å². The van der Waals surface area contributed by atoms with Gasteiger partial charge < -0.3 is 34.2 Å². The van der Waals surface area contributed by atoms with E-state index in [0.717, 1.165) is 69.2 Å². The Morgan fingerprint density at radius 2 is 1.51 bits per heavy atom. The maximum absolute atomic E-state index is 13.6. The molecule has 1 N–H and O–H groups in total. The second-order valence-corrected chi connectivity index (χ2v) is 9.90. The molecule has 6 rings (SSSR count). The Morgan fingerprint density at radius 3 is 2.28 bits per heavy atom. The number of carbonyl (C=O) groups is 2. The van der Waals surface area contributed by atoms with E-state index in [9.17, 15) is 9.59 Å². The number of nitrogens with one attached hydrogen (secondary N) is 1. The van der Waals surface area contributed by atoms with E-state index in [-0.39, 0.29) is 18.6 Å². The molecule has 202 valence electrons. The zero-order valence-electron chi connectivity index (χ0n) is 22.0. The maximum Gasteiger partial charge on any atom is 0.256 e. The Labute approximate surface area is 227 Å². The molecule has 0 aliphatic carbocycles. The van der Waals surface area contributed by atoms with Gasteiger partial charge in [0.2, 0.25) is 6.79 Å². The standard InChI is InChI=1S/C30H32N4O5/c1-37-26-7-3-2-6-25(26)33-16-14-32(15-17-33)24-10-9-22(19-23(24)30(36)34-12-4-5-13-34)31-29(35)21-8-11-27-28(18-21)39-20-38-27/h2-3,6-11,18-19H,4-5,12-17,20H2,1H3,(H,31,35). The van der Waals surface area contributed by atoms with E-state index >= 15 is 0 Å². The fraction of sp³-hybridized carbons (Fsp3) is 0.333. The number of likely N-dealkylation sites (tertiary alicyclic amines) is 1. The molecule has 3 aromatic rings. The molecule has 0 saturated carbocycles. The van der Waals surface area contributed by atoms with Gasteiger partial charge in [-0.2, -0.15) is 0 Å². The van der Waals surface area contributed by atoms with Crippen LogP contribution in [0.3, 0.4) is 0 Å². The molecule has 9 nitrogen and oxygen atoms in total. The van der Waals surface area contributed by atoms with Crippen molar-refractivity contribution in [1.82, 2.24) is 4.90 Å². The molecule has 0 spiro atoms. The summed E-state index contributed by atoms with van der Waals surface area (Å²) in [6.07, 6.45) is 2.03. The number of hydrogen-bond donors (Lipinski definition) is 1. The minimum atomic E-state index is -0.272. The van der Waals surface area contributed by atoms with Crippen molar-refractivity contribution in [1.29, 1.82) is 0 Å². The number of carbonyl (C=O) groups excluding carboxylic acids is 2. The topological polar surface area (TPSA) is 83.6 Å². The van der Waals surface area contributed by atoms with Crippen LogP contribution in [0.5, 0.6) is 17.2 Å². The number of hydrogen-bond acceptors (Lipinski definition) is 7. The molecule has 3 aliphatic heterocycles. The summed E-state index contributed by atoms with van der Waals surface area (Å²) in [5, 5.41) is 2.96. The Morgan fingerprint density at radius 1 is 0.795 bits per heavy atom. The van der Waals surface area contributed by atoms with Crippen molar-refractivity contribution in [3.63, 3.8) is 0 Å². The van der Waals surface area contributed by atoms with Crippen LogP contribution in [0.1, 0.15) is 33.6 Å². The molecule has 3 heterocycles. The van der Waals surface area contributed by atoms with Crippen LogP contribution in [-0.2, 0) is 0 Å². The van der Waals surface area contributed by atoms with Gasteiger partial charge in [-0.15, -0.1) is 0 Å². The van der Waals surface area contributed by atoms with E-state index in [0.29, 0.717) is 28.3 Å². The van der Waals surface area contributed by atoms with Gasteiger partial charge in [0, 0.05) is 56.2 Å². The smallest absolute Gasteiger partial charge is 0.256 e. The van der Waals surface area contributed by atoms with Crippen LogP contribution in [0.25, 0.3) is 0 Å². The number of ether oxygens (including phenoxy) is 3. The monoisotopic (exact) mass is 528 g/mol. The van der Waals surface area contributed by atoms with E-state index in [1.807, 2.05) is 41.3 Å². The Hall–Kier alpha value is -4.40. The number of methoxy groups -OCH3 is 1. The predicted molar refractivity (Wildman–Crippen MR) is 150 cm³/mol. The van der Waals surface area contributed by atoms with Crippen LogP contribution in [-0.4, -0.2) is 69.9 Å². The third-order valence-electron chi connectivity index (χ3n) is 7.56. The largest absolute Gasteiger partial charge is 0.495 e. The molecule has 3 aromatic carbocycles. The lowest BCUT2D eigenvalue weighted by atomic mass is 10.1. The van der Waals surface area contributed by atoms with Crippen molar-refractivity contribution < 1.29 is 23.8 Å². The molecule has 3 aliphatic rings. The summed E-state index contributed by atoms with van der Waals surface area (Å²) in [4.78, 5) is 33.2. The Kier molecular flexibility index (Phi) is 6.87. The van der Waals surface area contributed by atoms with Crippen LogP contribution < -0.4 is 29.3 Å². The molecule has 0 unspecified atom stereocenters. The zero-order valence-corrected chi connectivity index (χ0v) is 22.0. The molecule has 2 saturated heterocycles. The zero-order chi connectivity index (χ0) is 26.8. The fourth-order valence-electron chi connectivity index (χ4n) is 5.47. The maximum atomic E-state index is 13.6. The normalized spacial score (nSPS) is 16.4. The van der Waals surface area contributed by atoms with Gasteiger partial charge in [0.25, 0.3) is 11.8 Å².